The topological polar surface area (TPSA) is 49.0 Å². The van der Waals surface area contributed by atoms with Crippen LogP contribution in [0.25, 0.3) is 0 Å². The SMILES string of the molecule is CCOc1cc(CNCc2ccc3c(c2)OCO3)cc(Cl)c1OCc1ccc(F)cc1.Cl. The van der Waals surface area contributed by atoms with Crippen molar-refractivity contribution in [1.82, 2.24) is 5.32 Å². The molecular formula is C24H24Cl2FNO4. The maximum atomic E-state index is 13.1. The van der Waals surface area contributed by atoms with Crippen LogP contribution < -0.4 is 24.3 Å². The molecule has 1 heterocycles. The second-order valence-electron chi connectivity index (χ2n) is 7.04. The average molecular weight is 480 g/mol. The van der Waals surface area contributed by atoms with Gasteiger partial charge in [0.15, 0.2) is 23.0 Å². The van der Waals surface area contributed by atoms with E-state index in [2.05, 4.69) is 5.32 Å². The van der Waals surface area contributed by atoms with Crippen molar-refractivity contribution in [3.63, 3.8) is 0 Å². The average Bonchev–Trinajstić information content (AvgIpc) is 3.23. The molecule has 32 heavy (non-hydrogen) atoms. The summed E-state index contributed by atoms with van der Waals surface area (Å²) >= 11 is 6.50. The van der Waals surface area contributed by atoms with E-state index in [1.807, 2.05) is 37.3 Å². The van der Waals surface area contributed by atoms with E-state index in [-0.39, 0.29) is 31.6 Å². The summed E-state index contributed by atoms with van der Waals surface area (Å²) in [6.45, 7) is 4.19. The monoisotopic (exact) mass is 479 g/mol. The van der Waals surface area contributed by atoms with E-state index >= 15 is 0 Å². The van der Waals surface area contributed by atoms with Crippen molar-refractivity contribution in [2.75, 3.05) is 13.4 Å². The highest BCUT2D eigenvalue weighted by molar-refractivity contribution is 6.32. The second-order valence-corrected chi connectivity index (χ2v) is 7.45. The van der Waals surface area contributed by atoms with Crippen molar-refractivity contribution < 1.29 is 23.3 Å². The Balaban J connectivity index is 0.00000289. The van der Waals surface area contributed by atoms with Crippen LogP contribution in [0.4, 0.5) is 4.39 Å². The number of nitrogens with one attached hydrogen (secondary N) is 1. The third-order valence-corrected chi connectivity index (χ3v) is 5.04. The Labute approximate surface area is 197 Å². The summed E-state index contributed by atoms with van der Waals surface area (Å²) in [5, 5.41) is 3.87. The van der Waals surface area contributed by atoms with E-state index in [9.17, 15) is 4.39 Å². The van der Waals surface area contributed by atoms with Crippen molar-refractivity contribution in [1.29, 1.82) is 0 Å². The fourth-order valence-corrected chi connectivity index (χ4v) is 3.55. The highest BCUT2D eigenvalue weighted by Gasteiger charge is 2.15. The first-order valence-electron chi connectivity index (χ1n) is 10.0. The van der Waals surface area contributed by atoms with E-state index < -0.39 is 0 Å². The minimum atomic E-state index is -0.283. The quantitative estimate of drug-likeness (QED) is 0.414. The predicted octanol–water partition coefficient (Wildman–Crippen LogP) is 5.90. The van der Waals surface area contributed by atoms with Gasteiger partial charge in [0.05, 0.1) is 11.6 Å². The Morgan fingerprint density at radius 1 is 0.906 bits per heavy atom. The molecule has 0 unspecified atom stereocenters. The normalized spacial score (nSPS) is 11.7. The van der Waals surface area contributed by atoms with Crippen LogP contribution in [0.1, 0.15) is 23.6 Å². The van der Waals surface area contributed by atoms with Crippen LogP contribution in [0, 0.1) is 5.82 Å². The van der Waals surface area contributed by atoms with Gasteiger partial charge in [-0.05, 0) is 60.0 Å². The molecule has 1 N–H and O–H groups in total. The summed E-state index contributed by atoms with van der Waals surface area (Å²) in [4.78, 5) is 0. The number of halogens is 3. The number of hydrogen-bond donors (Lipinski definition) is 1. The largest absolute Gasteiger partial charge is 0.490 e. The van der Waals surface area contributed by atoms with E-state index in [4.69, 9.17) is 30.5 Å². The first-order valence-corrected chi connectivity index (χ1v) is 10.4. The molecule has 0 aliphatic carbocycles. The van der Waals surface area contributed by atoms with Gasteiger partial charge in [0.1, 0.15) is 12.4 Å². The van der Waals surface area contributed by atoms with E-state index in [0.29, 0.717) is 36.2 Å². The Kier molecular flexibility index (Phi) is 8.45. The van der Waals surface area contributed by atoms with Gasteiger partial charge in [-0.15, -0.1) is 12.4 Å². The molecule has 3 aromatic rings. The molecule has 170 valence electrons. The summed E-state index contributed by atoms with van der Waals surface area (Å²) in [7, 11) is 0. The van der Waals surface area contributed by atoms with Crippen LogP contribution in [-0.2, 0) is 19.7 Å². The zero-order valence-corrected chi connectivity index (χ0v) is 19.1. The lowest BCUT2D eigenvalue weighted by Gasteiger charge is -2.16. The van der Waals surface area contributed by atoms with Crippen LogP contribution in [0.2, 0.25) is 5.02 Å². The summed E-state index contributed by atoms with van der Waals surface area (Å²) < 4.78 is 35.5. The Morgan fingerprint density at radius 2 is 1.62 bits per heavy atom. The molecule has 1 aliphatic rings. The molecule has 0 radical (unpaired) electrons. The van der Waals surface area contributed by atoms with Gasteiger partial charge in [-0.1, -0.05) is 29.8 Å². The molecule has 0 spiro atoms. The standard InChI is InChI=1S/C24H23ClFNO4.ClH/c1-2-28-23-11-18(13-27-12-17-5-8-21-22(10-17)31-15-30-21)9-20(25)24(23)29-14-16-3-6-19(26)7-4-16;/h3-11,27H,2,12-15H2,1H3;1H. The number of ether oxygens (including phenoxy) is 4. The lowest BCUT2D eigenvalue weighted by atomic mass is 10.1. The minimum absolute atomic E-state index is 0. The van der Waals surface area contributed by atoms with Gasteiger partial charge in [0.25, 0.3) is 0 Å². The van der Waals surface area contributed by atoms with Crippen molar-refractivity contribution in [2.24, 2.45) is 0 Å². The van der Waals surface area contributed by atoms with Gasteiger partial charge in [0.2, 0.25) is 6.79 Å². The van der Waals surface area contributed by atoms with Crippen molar-refractivity contribution in [2.45, 2.75) is 26.6 Å². The molecule has 3 aromatic carbocycles. The van der Waals surface area contributed by atoms with Crippen LogP contribution >= 0.6 is 24.0 Å². The lowest BCUT2D eigenvalue weighted by molar-refractivity contribution is 0.174. The number of rotatable bonds is 9. The summed E-state index contributed by atoms with van der Waals surface area (Å²) in [6.07, 6.45) is 0. The van der Waals surface area contributed by atoms with Gasteiger partial charge in [-0.2, -0.15) is 0 Å². The molecule has 0 amide bonds. The smallest absolute Gasteiger partial charge is 0.231 e. The van der Waals surface area contributed by atoms with Gasteiger partial charge < -0.3 is 24.3 Å². The predicted molar refractivity (Wildman–Crippen MR) is 124 cm³/mol. The molecule has 5 nitrogen and oxygen atoms in total. The first kappa shape index (κ1) is 24.0. The lowest BCUT2D eigenvalue weighted by Crippen LogP contribution is -2.13. The first-order chi connectivity index (χ1) is 15.1. The molecule has 0 aromatic heterocycles. The fourth-order valence-electron chi connectivity index (χ4n) is 3.26. The third-order valence-electron chi connectivity index (χ3n) is 4.76. The Hall–Kier alpha value is -2.67. The highest BCUT2D eigenvalue weighted by Crippen LogP contribution is 2.37. The Bertz CT molecular complexity index is 1050. The minimum Gasteiger partial charge on any atom is -0.490 e. The van der Waals surface area contributed by atoms with Gasteiger partial charge >= 0.3 is 0 Å². The molecule has 8 heteroatoms. The van der Waals surface area contributed by atoms with Gasteiger partial charge in [0, 0.05) is 13.1 Å². The fraction of sp³-hybridized carbons (Fsp3) is 0.250. The van der Waals surface area contributed by atoms with Gasteiger partial charge in [-0.3, -0.25) is 0 Å². The Morgan fingerprint density at radius 3 is 2.41 bits per heavy atom. The number of fused-ring (bicyclic) bond motifs is 1. The van der Waals surface area contributed by atoms with Crippen LogP contribution in [0.3, 0.4) is 0 Å². The van der Waals surface area contributed by atoms with Gasteiger partial charge in [-0.25, -0.2) is 4.39 Å². The van der Waals surface area contributed by atoms with Crippen LogP contribution in [0.15, 0.2) is 54.6 Å². The van der Waals surface area contributed by atoms with E-state index in [1.165, 1.54) is 12.1 Å². The highest BCUT2D eigenvalue weighted by atomic mass is 35.5. The summed E-state index contributed by atoms with van der Waals surface area (Å²) in [6, 6.07) is 15.8. The molecule has 0 saturated heterocycles. The number of benzene rings is 3. The molecule has 0 atom stereocenters. The van der Waals surface area contributed by atoms with Crippen molar-refractivity contribution in [3.8, 4) is 23.0 Å². The molecule has 0 bridgehead atoms. The van der Waals surface area contributed by atoms with Crippen LogP contribution in [-0.4, -0.2) is 13.4 Å². The molecule has 0 saturated carbocycles. The molecule has 0 fully saturated rings. The zero-order valence-electron chi connectivity index (χ0n) is 17.5. The third kappa shape index (κ3) is 5.97. The molecule has 1 aliphatic heterocycles. The van der Waals surface area contributed by atoms with Crippen molar-refractivity contribution >= 4 is 24.0 Å². The zero-order chi connectivity index (χ0) is 21.6. The van der Waals surface area contributed by atoms with E-state index in [0.717, 1.165) is 28.2 Å². The summed E-state index contributed by atoms with van der Waals surface area (Å²) in [5.41, 5.74) is 2.91. The molecule has 4 rings (SSSR count). The second kappa shape index (κ2) is 11.3. The van der Waals surface area contributed by atoms with Crippen LogP contribution in [0.5, 0.6) is 23.0 Å². The van der Waals surface area contributed by atoms with Crippen molar-refractivity contribution in [3.05, 3.63) is 82.1 Å². The maximum absolute atomic E-state index is 13.1. The maximum Gasteiger partial charge on any atom is 0.231 e. The summed E-state index contributed by atoms with van der Waals surface area (Å²) in [5.74, 6) is 2.32. The number of hydrogen-bond acceptors (Lipinski definition) is 5. The van der Waals surface area contributed by atoms with E-state index in [1.54, 1.807) is 12.1 Å². The molecular weight excluding hydrogens is 456 g/mol.